The summed E-state index contributed by atoms with van der Waals surface area (Å²) in [5, 5.41) is 2.97. The number of hydrogen-bond donors (Lipinski definition) is 1. The van der Waals surface area contributed by atoms with Gasteiger partial charge in [-0.25, -0.2) is 0 Å². The fraction of sp³-hybridized carbons (Fsp3) is 0.579. The van der Waals surface area contributed by atoms with E-state index in [1.165, 1.54) is 0 Å². The van der Waals surface area contributed by atoms with Crippen molar-refractivity contribution in [1.82, 2.24) is 15.1 Å². The van der Waals surface area contributed by atoms with Crippen LogP contribution >= 0.6 is 0 Å². The number of ether oxygens (including phenoxy) is 1. The molecule has 0 spiro atoms. The van der Waals surface area contributed by atoms with Crippen molar-refractivity contribution in [3.05, 3.63) is 29.8 Å². The summed E-state index contributed by atoms with van der Waals surface area (Å²) in [5.41, 5.74) is 1.08. The number of carbonyl (C=O) groups is 2. The molecule has 0 aromatic heterocycles. The second-order valence-corrected chi connectivity index (χ2v) is 6.93. The Bertz CT molecular complexity index is 626. The lowest BCUT2D eigenvalue weighted by Gasteiger charge is -2.32. The van der Waals surface area contributed by atoms with Crippen LogP contribution in [0.25, 0.3) is 0 Å². The number of hydrogen-bond acceptors (Lipinski definition) is 4. The SMILES string of the molecule is COc1ccccc1CCNC(=O)C1CC1C(=O)N1CCN(C)CC1. The van der Waals surface area contributed by atoms with Crippen LogP contribution in [0.5, 0.6) is 5.75 Å². The van der Waals surface area contributed by atoms with E-state index in [0.717, 1.165) is 43.9 Å². The molecule has 1 aliphatic heterocycles. The Kier molecular flexibility index (Phi) is 5.58. The average molecular weight is 345 g/mol. The molecular weight excluding hydrogens is 318 g/mol. The van der Waals surface area contributed by atoms with Crippen molar-refractivity contribution in [2.45, 2.75) is 12.8 Å². The van der Waals surface area contributed by atoms with Crippen molar-refractivity contribution < 1.29 is 14.3 Å². The third-order valence-electron chi connectivity index (χ3n) is 5.15. The summed E-state index contributed by atoms with van der Waals surface area (Å²) in [6, 6.07) is 7.82. The number of likely N-dealkylation sites (N-methyl/N-ethyl adjacent to an activating group) is 1. The molecule has 1 N–H and O–H groups in total. The third-order valence-corrected chi connectivity index (χ3v) is 5.15. The van der Waals surface area contributed by atoms with Crippen LogP contribution in [0.3, 0.4) is 0 Å². The van der Waals surface area contributed by atoms with Gasteiger partial charge in [-0.2, -0.15) is 0 Å². The minimum Gasteiger partial charge on any atom is -0.496 e. The maximum absolute atomic E-state index is 12.5. The van der Waals surface area contributed by atoms with Gasteiger partial charge in [0.15, 0.2) is 0 Å². The van der Waals surface area contributed by atoms with Crippen LogP contribution < -0.4 is 10.1 Å². The predicted octanol–water partition coefficient (Wildman–Crippen LogP) is 0.764. The molecule has 3 rings (SSSR count). The lowest BCUT2D eigenvalue weighted by molar-refractivity contribution is -0.136. The topological polar surface area (TPSA) is 61.9 Å². The monoisotopic (exact) mass is 345 g/mol. The van der Waals surface area contributed by atoms with E-state index in [1.807, 2.05) is 29.2 Å². The molecule has 1 aromatic rings. The maximum Gasteiger partial charge on any atom is 0.226 e. The van der Waals surface area contributed by atoms with Gasteiger partial charge in [-0.1, -0.05) is 18.2 Å². The highest BCUT2D eigenvalue weighted by molar-refractivity contribution is 5.92. The summed E-state index contributed by atoms with van der Waals surface area (Å²) < 4.78 is 5.32. The van der Waals surface area contributed by atoms with Gasteiger partial charge in [0.2, 0.25) is 11.8 Å². The zero-order valence-electron chi connectivity index (χ0n) is 15.0. The first-order valence-corrected chi connectivity index (χ1v) is 8.97. The lowest BCUT2D eigenvalue weighted by Crippen LogP contribution is -2.48. The van der Waals surface area contributed by atoms with Crippen LogP contribution in [0.2, 0.25) is 0 Å². The summed E-state index contributed by atoms with van der Waals surface area (Å²) in [5.74, 6) is 0.728. The molecule has 2 unspecified atom stereocenters. The number of rotatable bonds is 6. The van der Waals surface area contributed by atoms with Gasteiger partial charge in [0.05, 0.1) is 18.9 Å². The molecular formula is C19H27N3O3. The second kappa shape index (κ2) is 7.87. The molecule has 0 bridgehead atoms. The number of piperazine rings is 1. The van der Waals surface area contributed by atoms with Crippen LogP contribution in [0.4, 0.5) is 0 Å². The molecule has 2 fully saturated rings. The van der Waals surface area contributed by atoms with E-state index in [4.69, 9.17) is 4.74 Å². The lowest BCUT2D eigenvalue weighted by atomic mass is 10.1. The first-order valence-electron chi connectivity index (χ1n) is 8.97. The van der Waals surface area contributed by atoms with Crippen LogP contribution in [-0.2, 0) is 16.0 Å². The van der Waals surface area contributed by atoms with Gasteiger partial charge < -0.3 is 19.9 Å². The first-order chi connectivity index (χ1) is 12.1. The van der Waals surface area contributed by atoms with E-state index in [9.17, 15) is 9.59 Å². The molecule has 1 aromatic carbocycles. The quantitative estimate of drug-likeness (QED) is 0.827. The highest BCUT2D eigenvalue weighted by Crippen LogP contribution is 2.40. The number of nitrogens with zero attached hydrogens (tertiary/aromatic N) is 2. The summed E-state index contributed by atoms with van der Waals surface area (Å²) in [7, 11) is 3.72. The highest BCUT2D eigenvalue weighted by Gasteiger charge is 2.49. The number of para-hydroxylation sites is 1. The Morgan fingerprint density at radius 2 is 1.88 bits per heavy atom. The Morgan fingerprint density at radius 3 is 2.60 bits per heavy atom. The van der Waals surface area contributed by atoms with E-state index < -0.39 is 0 Å². The maximum atomic E-state index is 12.5. The van der Waals surface area contributed by atoms with Gasteiger partial charge >= 0.3 is 0 Å². The van der Waals surface area contributed by atoms with Crippen LogP contribution in [0.1, 0.15) is 12.0 Å². The summed E-state index contributed by atoms with van der Waals surface area (Å²) >= 11 is 0. The average Bonchev–Trinajstić information content (AvgIpc) is 3.43. The van der Waals surface area contributed by atoms with E-state index in [2.05, 4.69) is 17.3 Å². The third kappa shape index (κ3) is 4.31. The fourth-order valence-corrected chi connectivity index (χ4v) is 3.38. The van der Waals surface area contributed by atoms with Crippen LogP contribution in [0, 0.1) is 11.8 Å². The van der Waals surface area contributed by atoms with Gasteiger partial charge in [-0.05, 0) is 31.5 Å². The molecule has 1 saturated heterocycles. The van der Waals surface area contributed by atoms with E-state index in [-0.39, 0.29) is 23.7 Å². The molecule has 25 heavy (non-hydrogen) atoms. The largest absolute Gasteiger partial charge is 0.496 e. The van der Waals surface area contributed by atoms with Crippen LogP contribution in [-0.4, -0.2) is 68.5 Å². The van der Waals surface area contributed by atoms with Crippen molar-refractivity contribution in [3.8, 4) is 5.75 Å². The molecule has 2 amide bonds. The number of amides is 2. The highest BCUT2D eigenvalue weighted by atomic mass is 16.5. The second-order valence-electron chi connectivity index (χ2n) is 6.93. The Morgan fingerprint density at radius 1 is 1.16 bits per heavy atom. The van der Waals surface area contributed by atoms with Crippen molar-refractivity contribution in [1.29, 1.82) is 0 Å². The van der Waals surface area contributed by atoms with Crippen molar-refractivity contribution in [2.24, 2.45) is 11.8 Å². The molecule has 0 radical (unpaired) electrons. The molecule has 1 aliphatic carbocycles. The number of methoxy groups -OCH3 is 1. The summed E-state index contributed by atoms with van der Waals surface area (Å²) in [6.07, 6.45) is 1.41. The zero-order chi connectivity index (χ0) is 17.8. The van der Waals surface area contributed by atoms with Crippen molar-refractivity contribution in [3.63, 3.8) is 0 Å². The summed E-state index contributed by atoms with van der Waals surface area (Å²) in [6.45, 7) is 3.93. The Labute approximate surface area is 149 Å². The Hall–Kier alpha value is -2.08. The van der Waals surface area contributed by atoms with Gasteiger partial charge in [0, 0.05) is 32.7 Å². The minimum atomic E-state index is -0.148. The molecule has 2 atom stereocenters. The van der Waals surface area contributed by atoms with E-state index in [0.29, 0.717) is 13.0 Å². The van der Waals surface area contributed by atoms with E-state index in [1.54, 1.807) is 7.11 Å². The minimum absolute atomic E-state index is 0.00220. The standard InChI is InChI=1S/C19H27N3O3/c1-21-9-11-22(12-10-21)19(24)16-13-15(16)18(23)20-8-7-14-5-3-4-6-17(14)25-2/h3-6,15-16H,7-13H2,1-2H3,(H,20,23). The number of carbonyl (C=O) groups excluding carboxylic acids is 2. The zero-order valence-corrected chi connectivity index (χ0v) is 15.0. The fourth-order valence-electron chi connectivity index (χ4n) is 3.38. The normalized spacial score (nSPS) is 23.2. The Balaban J connectivity index is 1.42. The predicted molar refractivity (Wildman–Crippen MR) is 95.4 cm³/mol. The molecule has 1 saturated carbocycles. The molecule has 1 heterocycles. The summed E-state index contributed by atoms with van der Waals surface area (Å²) in [4.78, 5) is 28.9. The smallest absolute Gasteiger partial charge is 0.226 e. The van der Waals surface area contributed by atoms with Gasteiger partial charge in [0.25, 0.3) is 0 Å². The molecule has 2 aliphatic rings. The van der Waals surface area contributed by atoms with Gasteiger partial charge in [-0.15, -0.1) is 0 Å². The molecule has 6 nitrogen and oxygen atoms in total. The van der Waals surface area contributed by atoms with Gasteiger partial charge in [-0.3, -0.25) is 9.59 Å². The van der Waals surface area contributed by atoms with Gasteiger partial charge in [0.1, 0.15) is 5.75 Å². The van der Waals surface area contributed by atoms with E-state index >= 15 is 0 Å². The molecule has 136 valence electrons. The number of nitrogens with one attached hydrogen (secondary N) is 1. The molecule has 6 heteroatoms. The van der Waals surface area contributed by atoms with Crippen molar-refractivity contribution in [2.75, 3.05) is 46.9 Å². The van der Waals surface area contributed by atoms with Crippen LogP contribution in [0.15, 0.2) is 24.3 Å². The first kappa shape index (κ1) is 17.7. The van der Waals surface area contributed by atoms with Crippen molar-refractivity contribution >= 4 is 11.8 Å². The number of benzene rings is 1.